The van der Waals surface area contributed by atoms with Crippen LogP contribution in [0.1, 0.15) is 24.2 Å². The van der Waals surface area contributed by atoms with Crippen molar-refractivity contribution in [2.45, 2.75) is 24.9 Å². The lowest BCUT2D eigenvalue weighted by Gasteiger charge is -2.18. The first-order chi connectivity index (χ1) is 10.2. The van der Waals surface area contributed by atoms with Crippen molar-refractivity contribution in [2.24, 2.45) is 0 Å². The summed E-state index contributed by atoms with van der Waals surface area (Å²) in [6.07, 6.45) is 3.50. The topological polar surface area (TPSA) is 63.5 Å². The van der Waals surface area contributed by atoms with Gasteiger partial charge in [-0.2, -0.15) is 0 Å². The van der Waals surface area contributed by atoms with Crippen LogP contribution in [0.5, 0.6) is 5.75 Å². The van der Waals surface area contributed by atoms with Gasteiger partial charge in [-0.3, -0.25) is 0 Å². The van der Waals surface area contributed by atoms with Crippen LogP contribution in [0.15, 0.2) is 47.1 Å². The van der Waals surface area contributed by atoms with Crippen molar-refractivity contribution < 1.29 is 13.9 Å². The van der Waals surface area contributed by atoms with Crippen LogP contribution in [-0.4, -0.2) is 13.1 Å². The Morgan fingerprint density at radius 1 is 1.29 bits per heavy atom. The molecule has 110 valence electrons. The van der Waals surface area contributed by atoms with Gasteiger partial charge in [-0.15, -0.1) is 0 Å². The Hall–Kier alpha value is -2.43. The molecular weight excluding hydrogens is 268 g/mol. The number of amides is 2. The third kappa shape index (κ3) is 3.02. The molecule has 2 amide bonds. The molecule has 0 aliphatic heterocycles. The smallest absolute Gasteiger partial charge is 0.315 e. The highest BCUT2D eigenvalue weighted by atomic mass is 16.5. The van der Waals surface area contributed by atoms with Crippen molar-refractivity contribution in [3.05, 3.63) is 54.0 Å². The van der Waals surface area contributed by atoms with Gasteiger partial charge in [0.25, 0.3) is 0 Å². The molecule has 21 heavy (non-hydrogen) atoms. The van der Waals surface area contributed by atoms with Crippen molar-refractivity contribution in [3.8, 4) is 5.75 Å². The predicted octanol–water partition coefficient (Wildman–Crippen LogP) is 2.78. The molecule has 5 nitrogen and oxygen atoms in total. The standard InChI is InChI=1S/C16H18N2O3/c1-20-13-6-4-12(5-7-13)16(8-9-16)18-15(19)17-11-14-3-2-10-21-14/h2-7,10H,8-9,11H2,1H3,(H2,17,18,19). The molecule has 0 atom stereocenters. The van der Waals surface area contributed by atoms with E-state index < -0.39 is 0 Å². The average Bonchev–Trinajstić information content (AvgIpc) is 3.10. The highest BCUT2D eigenvalue weighted by Gasteiger charge is 2.45. The minimum Gasteiger partial charge on any atom is -0.497 e. The molecule has 1 saturated carbocycles. The van der Waals surface area contributed by atoms with E-state index in [1.165, 1.54) is 0 Å². The number of rotatable bonds is 5. The molecule has 0 unspecified atom stereocenters. The maximum Gasteiger partial charge on any atom is 0.315 e. The highest BCUT2D eigenvalue weighted by Crippen LogP contribution is 2.45. The Morgan fingerprint density at radius 3 is 2.62 bits per heavy atom. The summed E-state index contributed by atoms with van der Waals surface area (Å²) in [5, 5.41) is 5.86. The second-order valence-electron chi connectivity index (χ2n) is 5.20. The minimum atomic E-state index is -0.237. The number of hydrogen-bond donors (Lipinski definition) is 2. The summed E-state index contributed by atoms with van der Waals surface area (Å²) in [7, 11) is 1.64. The van der Waals surface area contributed by atoms with Crippen LogP contribution in [-0.2, 0) is 12.1 Å². The number of carbonyl (C=O) groups excluding carboxylic acids is 1. The number of furan rings is 1. The van der Waals surface area contributed by atoms with Gasteiger partial charge >= 0.3 is 6.03 Å². The van der Waals surface area contributed by atoms with Gasteiger partial charge in [0.05, 0.1) is 25.5 Å². The Kier molecular flexibility index (Phi) is 3.56. The van der Waals surface area contributed by atoms with Gasteiger partial charge in [0.1, 0.15) is 11.5 Å². The molecule has 0 radical (unpaired) electrons. The van der Waals surface area contributed by atoms with Crippen molar-refractivity contribution in [1.82, 2.24) is 10.6 Å². The number of carbonyl (C=O) groups is 1. The molecule has 3 rings (SSSR count). The SMILES string of the molecule is COc1ccc(C2(NC(=O)NCc3ccco3)CC2)cc1. The third-order valence-electron chi connectivity index (χ3n) is 3.75. The average molecular weight is 286 g/mol. The lowest BCUT2D eigenvalue weighted by molar-refractivity contribution is 0.234. The fourth-order valence-electron chi connectivity index (χ4n) is 2.36. The number of methoxy groups -OCH3 is 1. The van der Waals surface area contributed by atoms with Crippen LogP contribution >= 0.6 is 0 Å². The molecule has 1 aromatic heterocycles. The van der Waals surface area contributed by atoms with Crippen LogP contribution in [0.4, 0.5) is 4.79 Å². The molecule has 0 saturated heterocycles. The maximum absolute atomic E-state index is 12.0. The van der Waals surface area contributed by atoms with Gasteiger partial charge in [-0.1, -0.05) is 12.1 Å². The molecule has 2 N–H and O–H groups in total. The first-order valence-corrected chi connectivity index (χ1v) is 6.95. The summed E-state index contributed by atoms with van der Waals surface area (Å²) in [5.41, 5.74) is 0.871. The van der Waals surface area contributed by atoms with Crippen LogP contribution in [0.25, 0.3) is 0 Å². The number of urea groups is 1. The van der Waals surface area contributed by atoms with E-state index in [1.807, 2.05) is 30.3 Å². The zero-order valence-corrected chi connectivity index (χ0v) is 11.9. The van der Waals surface area contributed by atoms with E-state index in [0.29, 0.717) is 6.54 Å². The van der Waals surface area contributed by atoms with E-state index in [9.17, 15) is 4.79 Å². The molecule has 0 spiro atoms. The minimum absolute atomic E-state index is 0.181. The Labute approximate surface area is 123 Å². The summed E-state index contributed by atoms with van der Waals surface area (Å²) in [5.74, 6) is 1.55. The molecular formula is C16H18N2O3. The van der Waals surface area contributed by atoms with Crippen LogP contribution < -0.4 is 15.4 Å². The van der Waals surface area contributed by atoms with E-state index in [-0.39, 0.29) is 11.6 Å². The molecule has 2 aromatic rings. The molecule has 0 bridgehead atoms. The predicted molar refractivity (Wildman–Crippen MR) is 78.0 cm³/mol. The monoisotopic (exact) mass is 286 g/mol. The maximum atomic E-state index is 12.0. The van der Waals surface area contributed by atoms with Gasteiger partial charge in [-0.05, 0) is 42.7 Å². The quantitative estimate of drug-likeness (QED) is 0.888. The van der Waals surface area contributed by atoms with Gasteiger partial charge in [0.15, 0.2) is 0 Å². The third-order valence-corrected chi connectivity index (χ3v) is 3.75. The van der Waals surface area contributed by atoms with Crippen molar-refractivity contribution >= 4 is 6.03 Å². The lowest BCUT2D eigenvalue weighted by atomic mass is 10.1. The fraction of sp³-hybridized carbons (Fsp3) is 0.312. The zero-order valence-electron chi connectivity index (χ0n) is 11.9. The lowest BCUT2D eigenvalue weighted by Crippen LogP contribution is -2.41. The van der Waals surface area contributed by atoms with Gasteiger partial charge in [0, 0.05) is 0 Å². The molecule has 1 heterocycles. The number of hydrogen-bond acceptors (Lipinski definition) is 3. The second kappa shape index (κ2) is 5.52. The van der Waals surface area contributed by atoms with Crippen molar-refractivity contribution in [1.29, 1.82) is 0 Å². The molecule has 5 heteroatoms. The highest BCUT2D eigenvalue weighted by molar-refractivity contribution is 5.75. The number of ether oxygens (including phenoxy) is 1. The number of nitrogens with one attached hydrogen (secondary N) is 2. The molecule has 1 aliphatic rings. The van der Waals surface area contributed by atoms with E-state index in [0.717, 1.165) is 29.9 Å². The summed E-state index contributed by atoms with van der Waals surface area (Å²) in [4.78, 5) is 12.0. The summed E-state index contributed by atoms with van der Waals surface area (Å²) < 4.78 is 10.3. The Balaban J connectivity index is 1.59. The first kappa shape index (κ1) is 13.5. The molecule has 1 aliphatic carbocycles. The number of benzene rings is 1. The van der Waals surface area contributed by atoms with Crippen LogP contribution in [0, 0.1) is 0 Å². The van der Waals surface area contributed by atoms with Crippen molar-refractivity contribution in [2.75, 3.05) is 7.11 Å². The largest absolute Gasteiger partial charge is 0.497 e. The molecule has 1 aromatic carbocycles. The summed E-state index contributed by atoms with van der Waals surface area (Å²) in [6.45, 7) is 0.386. The van der Waals surface area contributed by atoms with Gasteiger partial charge in [-0.25, -0.2) is 4.79 Å². The fourth-order valence-corrected chi connectivity index (χ4v) is 2.36. The summed E-state index contributed by atoms with van der Waals surface area (Å²) in [6, 6.07) is 11.3. The Bertz CT molecular complexity index is 601. The zero-order chi connectivity index (χ0) is 14.7. The second-order valence-corrected chi connectivity index (χ2v) is 5.20. The van der Waals surface area contributed by atoms with Gasteiger partial charge < -0.3 is 19.8 Å². The normalized spacial score (nSPS) is 15.3. The molecule has 1 fully saturated rings. The summed E-state index contributed by atoms with van der Waals surface area (Å²) >= 11 is 0. The van der Waals surface area contributed by atoms with Crippen LogP contribution in [0.3, 0.4) is 0 Å². The Morgan fingerprint density at radius 2 is 2.05 bits per heavy atom. The van der Waals surface area contributed by atoms with E-state index in [2.05, 4.69) is 10.6 Å². The van der Waals surface area contributed by atoms with Crippen LogP contribution in [0.2, 0.25) is 0 Å². The van der Waals surface area contributed by atoms with E-state index in [4.69, 9.17) is 9.15 Å². The van der Waals surface area contributed by atoms with E-state index >= 15 is 0 Å². The first-order valence-electron chi connectivity index (χ1n) is 6.95. The van der Waals surface area contributed by atoms with E-state index in [1.54, 1.807) is 19.4 Å². The van der Waals surface area contributed by atoms with Crippen molar-refractivity contribution in [3.63, 3.8) is 0 Å². The van der Waals surface area contributed by atoms with Gasteiger partial charge in [0.2, 0.25) is 0 Å².